The van der Waals surface area contributed by atoms with E-state index in [0.29, 0.717) is 12.5 Å². The highest BCUT2D eigenvalue weighted by atomic mass is 16.5. The Morgan fingerprint density at radius 1 is 1.33 bits per heavy atom. The zero-order valence-corrected chi connectivity index (χ0v) is 12.6. The number of carbonyl (C=O) groups excluding carboxylic acids is 1. The maximum atomic E-state index is 11.8. The van der Waals surface area contributed by atoms with Crippen LogP contribution in [0.5, 0.6) is 5.75 Å². The number of hydrogen-bond donors (Lipinski definition) is 0. The van der Waals surface area contributed by atoms with E-state index in [1.807, 2.05) is 0 Å². The first-order valence-corrected chi connectivity index (χ1v) is 7.70. The smallest absolute Gasteiger partial charge is 0.334 e. The molecule has 3 heteroatoms. The Kier molecular flexibility index (Phi) is 2.69. The highest BCUT2D eigenvalue weighted by Crippen LogP contribution is 2.54. The maximum Gasteiger partial charge on any atom is 0.334 e. The summed E-state index contributed by atoms with van der Waals surface area (Å²) in [5.41, 5.74) is 5.10. The van der Waals surface area contributed by atoms with Gasteiger partial charge in [0.15, 0.2) is 0 Å². The highest BCUT2D eigenvalue weighted by molar-refractivity contribution is 5.92. The third kappa shape index (κ3) is 1.63. The van der Waals surface area contributed by atoms with Crippen molar-refractivity contribution in [1.82, 2.24) is 0 Å². The number of fused-ring (bicyclic) bond motifs is 4. The van der Waals surface area contributed by atoms with Gasteiger partial charge in [-0.15, -0.1) is 0 Å². The van der Waals surface area contributed by atoms with Crippen molar-refractivity contribution >= 4 is 5.97 Å². The Labute approximate surface area is 124 Å². The number of carbonyl (C=O) groups is 1. The first-order valence-electron chi connectivity index (χ1n) is 7.70. The Morgan fingerprint density at radius 3 is 3.00 bits per heavy atom. The third-order valence-electron chi connectivity index (χ3n) is 5.73. The predicted octanol–water partition coefficient (Wildman–Crippen LogP) is 3.16. The molecular weight excluding hydrogens is 264 g/mol. The minimum absolute atomic E-state index is 0.0801. The lowest BCUT2D eigenvalue weighted by molar-refractivity contribution is -0.136. The summed E-state index contributed by atoms with van der Waals surface area (Å²) in [5, 5.41) is 0. The lowest BCUT2D eigenvalue weighted by Gasteiger charge is -2.46. The van der Waals surface area contributed by atoms with E-state index in [0.717, 1.165) is 37.0 Å². The SMILES string of the molecule is COc1cccc2c1CCC1C3=C(CC[C@]21C)C(=O)OC3. The summed E-state index contributed by atoms with van der Waals surface area (Å²) in [4.78, 5) is 11.8. The summed E-state index contributed by atoms with van der Waals surface area (Å²) >= 11 is 0. The van der Waals surface area contributed by atoms with Gasteiger partial charge in [-0.2, -0.15) is 0 Å². The second kappa shape index (κ2) is 4.36. The van der Waals surface area contributed by atoms with E-state index in [4.69, 9.17) is 9.47 Å². The summed E-state index contributed by atoms with van der Waals surface area (Å²) in [6, 6.07) is 6.39. The molecule has 0 N–H and O–H groups in total. The highest BCUT2D eigenvalue weighted by Gasteiger charge is 2.48. The Balaban J connectivity index is 1.85. The van der Waals surface area contributed by atoms with E-state index in [2.05, 4.69) is 25.1 Å². The molecule has 2 atom stereocenters. The van der Waals surface area contributed by atoms with Crippen LogP contribution >= 0.6 is 0 Å². The second-order valence-electron chi connectivity index (χ2n) is 6.58. The van der Waals surface area contributed by atoms with E-state index in [-0.39, 0.29) is 11.4 Å². The Bertz CT molecular complexity index is 658. The molecule has 1 aromatic rings. The molecule has 2 aliphatic carbocycles. The van der Waals surface area contributed by atoms with Crippen LogP contribution in [0.3, 0.4) is 0 Å². The van der Waals surface area contributed by atoms with Gasteiger partial charge in [-0.3, -0.25) is 0 Å². The number of hydrogen-bond acceptors (Lipinski definition) is 3. The fourth-order valence-electron chi connectivity index (χ4n) is 4.62. The molecule has 4 rings (SSSR count). The van der Waals surface area contributed by atoms with E-state index in [9.17, 15) is 4.79 Å². The van der Waals surface area contributed by atoms with Gasteiger partial charge in [-0.25, -0.2) is 4.79 Å². The molecular formula is C18H20O3. The number of esters is 1. The molecule has 1 unspecified atom stereocenters. The van der Waals surface area contributed by atoms with Crippen LogP contribution in [0.4, 0.5) is 0 Å². The molecule has 0 saturated carbocycles. The zero-order chi connectivity index (χ0) is 14.6. The third-order valence-corrected chi connectivity index (χ3v) is 5.73. The van der Waals surface area contributed by atoms with Gasteiger partial charge in [0.1, 0.15) is 12.4 Å². The van der Waals surface area contributed by atoms with Crippen molar-refractivity contribution in [2.75, 3.05) is 13.7 Å². The molecule has 0 saturated heterocycles. The van der Waals surface area contributed by atoms with Gasteiger partial charge in [-0.1, -0.05) is 19.1 Å². The van der Waals surface area contributed by atoms with Gasteiger partial charge in [0.05, 0.1) is 7.11 Å². The summed E-state index contributed by atoms with van der Waals surface area (Å²) in [6.07, 6.45) is 3.97. The molecule has 1 aliphatic heterocycles. The largest absolute Gasteiger partial charge is 0.496 e. The number of benzene rings is 1. The van der Waals surface area contributed by atoms with E-state index in [1.54, 1.807) is 7.11 Å². The number of cyclic esters (lactones) is 1. The van der Waals surface area contributed by atoms with Gasteiger partial charge in [0.2, 0.25) is 0 Å². The van der Waals surface area contributed by atoms with Crippen LogP contribution in [-0.2, 0) is 21.4 Å². The lowest BCUT2D eigenvalue weighted by Crippen LogP contribution is -2.41. The van der Waals surface area contributed by atoms with Gasteiger partial charge >= 0.3 is 5.97 Å². The molecule has 0 spiro atoms. The first-order chi connectivity index (χ1) is 10.1. The van der Waals surface area contributed by atoms with Crippen molar-refractivity contribution < 1.29 is 14.3 Å². The van der Waals surface area contributed by atoms with Crippen LogP contribution in [0, 0.1) is 5.92 Å². The first kappa shape index (κ1) is 12.9. The van der Waals surface area contributed by atoms with Crippen LogP contribution in [0.1, 0.15) is 37.3 Å². The predicted molar refractivity (Wildman–Crippen MR) is 79.4 cm³/mol. The molecule has 21 heavy (non-hydrogen) atoms. The zero-order valence-electron chi connectivity index (χ0n) is 12.6. The van der Waals surface area contributed by atoms with Crippen molar-refractivity contribution in [3.8, 4) is 5.75 Å². The molecule has 110 valence electrons. The summed E-state index contributed by atoms with van der Waals surface area (Å²) in [7, 11) is 1.75. The molecule has 0 radical (unpaired) electrons. The van der Waals surface area contributed by atoms with Crippen LogP contribution in [0.25, 0.3) is 0 Å². The molecule has 3 nitrogen and oxygen atoms in total. The van der Waals surface area contributed by atoms with Gasteiger partial charge in [0, 0.05) is 5.57 Å². The van der Waals surface area contributed by atoms with Crippen molar-refractivity contribution in [1.29, 1.82) is 0 Å². The van der Waals surface area contributed by atoms with Gasteiger partial charge in [-0.05, 0) is 59.8 Å². The lowest BCUT2D eigenvalue weighted by atomic mass is 9.57. The summed E-state index contributed by atoms with van der Waals surface area (Å²) < 4.78 is 10.8. The number of rotatable bonds is 1. The fraction of sp³-hybridized carbons (Fsp3) is 0.500. The van der Waals surface area contributed by atoms with Crippen LogP contribution in [-0.4, -0.2) is 19.7 Å². The molecule has 3 aliphatic rings. The Hall–Kier alpha value is -1.77. The summed E-state index contributed by atoms with van der Waals surface area (Å²) in [5.74, 6) is 1.36. The van der Waals surface area contributed by atoms with Crippen molar-refractivity contribution in [3.63, 3.8) is 0 Å². The number of ether oxygens (including phenoxy) is 2. The molecule has 0 amide bonds. The average Bonchev–Trinajstić information content (AvgIpc) is 2.87. The fourth-order valence-corrected chi connectivity index (χ4v) is 4.62. The van der Waals surface area contributed by atoms with E-state index >= 15 is 0 Å². The van der Waals surface area contributed by atoms with Crippen molar-refractivity contribution in [2.45, 2.75) is 38.0 Å². The second-order valence-corrected chi connectivity index (χ2v) is 6.58. The van der Waals surface area contributed by atoms with Gasteiger partial charge < -0.3 is 9.47 Å². The van der Waals surface area contributed by atoms with E-state index in [1.165, 1.54) is 16.7 Å². The molecule has 0 aromatic heterocycles. The molecule has 0 bridgehead atoms. The monoisotopic (exact) mass is 284 g/mol. The quantitative estimate of drug-likeness (QED) is 0.743. The Morgan fingerprint density at radius 2 is 2.19 bits per heavy atom. The number of methoxy groups -OCH3 is 1. The minimum atomic E-state index is -0.0801. The molecule has 1 aromatic carbocycles. The van der Waals surface area contributed by atoms with Gasteiger partial charge in [0.25, 0.3) is 0 Å². The standard InChI is InChI=1S/C18H20O3/c1-18-9-8-11-13(10-21-17(11)19)15(18)7-6-12-14(18)4-3-5-16(12)20-2/h3-5,15H,6-10H2,1-2H3/t15?,18-/m1/s1. The van der Waals surface area contributed by atoms with E-state index < -0.39 is 0 Å². The van der Waals surface area contributed by atoms with Crippen molar-refractivity contribution in [3.05, 3.63) is 40.5 Å². The average molecular weight is 284 g/mol. The molecule has 1 heterocycles. The van der Waals surface area contributed by atoms with Crippen LogP contribution < -0.4 is 4.74 Å². The van der Waals surface area contributed by atoms with Crippen LogP contribution in [0.15, 0.2) is 29.3 Å². The maximum absolute atomic E-state index is 11.8. The minimum Gasteiger partial charge on any atom is -0.496 e. The normalized spacial score (nSPS) is 30.4. The molecule has 0 fully saturated rings. The summed E-state index contributed by atoms with van der Waals surface area (Å²) in [6.45, 7) is 2.86. The van der Waals surface area contributed by atoms with Crippen molar-refractivity contribution in [2.24, 2.45) is 5.92 Å². The van der Waals surface area contributed by atoms with Crippen LogP contribution in [0.2, 0.25) is 0 Å². The topological polar surface area (TPSA) is 35.5 Å².